The number of benzene rings is 3. The van der Waals surface area contributed by atoms with Crippen LogP contribution in [0.25, 0.3) is 0 Å². The van der Waals surface area contributed by atoms with Gasteiger partial charge in [-0.3, -0.25) is 4.79 Å². The summed E-state index contributed by atoms with van der Waals surface area (Å²) in [6.45, 7) is 12.3. The third-order valence-electron chi connectivity index (χ3n) is 6.99. The quantitative estimate of drug-likeness (QED) is 0.0846. The van der Waals surface area contributed by atoms with E-state index >= 15 is 0 Å². The van der Waals surface area contributed by atoms with E-state index in [1.54, 1.807) is 24.3 Å². The highest BCUT2D eigenvalue weighted by atomic mass is 31.0. The van der Waals surface area contributed by atoms with E-state index < -0.39 is 52.2 Å². The van der Waals surface area contributed by atoms with Crippen molar-refractivity contribution in [2.24, 2.45) is 11.1 Å². The van der Waals surface area contributed by atoms with Crippen LogP contribution in [0, 0.1) is 17.6 Å². The van der Waals surface area contributed by atoms with Crippen molar-refractivity contribution in [2.75, 3.05) is 11.9 Å². The topological polar surface area (TPSA) is 89.5 Å². The maximum absolute atomic E-state index is 14.4. The fourth-order valence-corrected chi connectivity index (χ4v) is 6.50. The normalized spacial score (nSPS) is 16.9. The van der Waals surface area contributed by atoms with Crippen LogP contribution in [0.5, 0.6) is 5.75 Å². The summed E-state index contributed by atoms with van der Waals surface area (Å²) in [6.07, 6.45) is -0.212. The average Bonchev–Trinajstić information content (AvgIpc) is 3.32. The van der Waals surface area contributed by atoms with E-state index in [1.807, 2.05) is 43.9 Å². The molecule has 0 spiro atoms. The number of nitrogens with zero attached hydrogens (tertiary/aromatic N) is 2. The molecular weight excluding hydrogens is 644 g/mol. The largest absolute Gasteiger partial charge is 0.544 e. The third-order valence-corrected chi connectivity index (χ3v) is 8.97. The van der Waals surface area contributed by atoms with Crippen molar-refractivity contribution in [3.8, 4) is 5.75 Å². The number of anilines is 1. The molecule has 246 valence electrons. The predicted octanol–water partition coefficient (Wildman–Crippen LogP) is 8.16. The molecule has 46 heavy (non-hydrogen) atoms. The van der Waals surface area contributed by atoms with Crippen LogP contribution < -0.4 is 9.74 Å². The second-order valence-electron chi connectivity index (χ2n) is 13.2. The molecule has 3 unspecified atom stereocenters. The van der Waals surface area contributed by atoms with E-state index in [4.69, 9.17) is 13.7 Å². The highest BCUT2D eigenvalue weighted by Crippen LogP contribution is 2.35. The maximum atomic E-state index is 14.4. The van der Waals surface area contributed by atoms with E-state index in [2.05, 4.69) is 39.4 Å². The Balaban J connectivity index is 1.77. The molecule has 0 aromatic heterocycles. The lowest BCUT2D eigenvalue weighted by atomic mass is 9.86. The lowest BCUT2D eigenvalue weighted by Crippen LogP contribution is -2.43. The number of amides is 2. The Morgan fingerprint density at radius 2 is 1.54 bits per heavy atom. The molecule has 1 aliphatic heterocycles. The molecule has 1 fully saturated rings. The molecule has 3 aromatic carbocycles. The van der Waals surface area contributed by atoms with Crippen LogP contribution in [0.15, 0.2) is 78.0 Å². The lowest BCUT2D eigenvalue weighted by molar-refractivity contribution is -0.133. The number of ether oxygens (including phenoxy) is 1. The molecule has 1 aliphatic rings. The Labute approximate surface area is 274 Å². The van der Waals surface area contributed by atoms with Crippen molar-refractivity contribution in [1.82, 2.24) is 4.90 Å². The molecule has 1 N–H and O–H groups in total. The highest BCUT2D eigenvalue weighted by molar-refractivity contribution is 7.17. The smallest absolute Gasteiger partial charge is 0.417 e. The van der Waals surface area contributed by atoms with Gasteiger partial charge in [0.05, 0.1) is 23.5 Å². The Kier molecular flexibility index (Phi) is 11.4. The molecule has 0 saturated carbocycles. The average molecular weight is 686 g/mol. The van der Waals surface area contributed by atoms with Crippen LogP contribution >= 0.6 is 9.24 Å². The van der Waals surface area contributed by atoms with Crippen LogP contribution in [0.4, 0.5) is 19.3 Å². The first kappa shape index (κ1) is 35.3. The Morgan fingerprint density at radius 1 is 0.957 bits per heavy atom. The molecular formula is C33H42F2N3O5PSi2. The first-order valence-corrected chi connectivity index (χ1v) is 22.7. The zero-order valence-electron chi connectivity index (χ0n) is 27.1. The Morgan fingerprint density at radius 3 is 2.07 bits per heavy atom. The summed E-state index contributed by atoms with van der Waals surface area (Å²) < 4.78 is 45.0. The minimum atomic E-state index is -2.09. The first-order chi connectivity index (χ1) is 21.6. The number of carbonyl (C=O) groups excluding carboxylic acids is 2. The van der Waals surface area contributed by atoms with Gasteiger partial charge < -0.3 is 19.0 Å². The number of cyclic esters (lactones) is 1. The standard InChI is InChI=1S/C33H42F2N3O5PSi2/c1-45(2,3)42-27-17-9-23(10-18-27)31(36-26-15-13-25(35)14-16-26)28(32(39)38-30(44)21-41-33(38)40)19-20-29(37-43-46(4,5)6)22-7-11-24(34)12-8-22/h7-18,28,30-31,36H,19-21,44H2,1-6H3/b37-29-/t28?,30-,31?/m0/s1. The van der Waals surface area contributed by atoms with Gasteiger partial charge in [0.25, 0.3) is 8.32 Å². The van der Waals surface area contributed by atoms with Gasteiger partial charge in [-0.15, -0.1) is 14.4 Å². The summed E-state index contributed by atoms with van der Waals surface area (Å²) in [7, 11) is -1.47. The minimum absolute atomic E-state index is 0.0626. The van der Waals surface area contributed by atoms with Gasteiger partial charge in [0.1, 0.15) is 24.0 Å². The molecule has 1 heterocycles. The molecule has 3 aromatic rings. The number of nitrogens with one attached hydrogen (secondary N) is 1. The Hall–Kier alpha value is -3.61. The van der Waals surface area contributed by atoms with Crippen LogP contribution in [-0.2, 0) is 14.1 Å². The number of imide groups is 1. The van der Waals surface area contributed by atoms with Crippen molar-refractivity contribution in [3.05, 3.63) is 95.6 Å². The third kappa shape index (κ3) is 9.94. The van der Waals surface area contributed by atoms with Crippen molar-refractivity contribution in [2.45, 2.75) is 63.9 Å². The molecule has 0 radical (unpaired) electrons. The van der Waals surface area contributed by atoms with Gasteiger partial charge in [-0.05, 0) is 112 Å². The van der Waals surface area contributed by atoms with Gasteiger partial charge in [0.15, 0.2) is 0 Å². The Bertz CT molecular complexity index is 1530. The van der Waals surface area contributed by atoms with E-state index in [0.29, 0.717) is 22.7 Å². The van der Waals surface area contributed by atoms with Crippen LogP contribution in [-0.4, -0.2) is 51.6 Å². The molecule has 0 aliphatic carbocycles. The fraction of sp³-hybridized carbons (Fsp3) is 0.364. The van der Waals surface area contributed by atoms with Gasteiger partial charge in [-0.25, -0.2) is 18.5 Å². The first-order valence-electron chi connectivity index (χ1n) is 15.2. The fourth-order valence-electron chi connectivity index (χ4n) is 4.91. The lowest BCUT2D eigenvalue weighted by Gasteiger charge is -2.32. The van der Waals surface area contributed by atoms with Gasteiger partial charge in [0.2, 0.25) is 14.2 Å². The van der Waals surface area contributed by atoms with Crippen molar-refractivity contribution in [1.29, 1.82) is 0 Å². The van der Waals surface area contributed by atoms with Crippen molar-refractivity contribution >= 4 is 49.3 Å². The second-order valence-corrected chi connectivity index (χ2v) is 22.8. The second kappa shape index (κ2) is 14.9. The summed E-state index contributed by atoms with van der Waals surface area (Å²) in [5.74, 6) is -1.85. The van der Waals surface area contributed by atoms with Crippen LogP contribution in [0.3, 0.4) is 0 Å². The van der Waals surface area contributed by atoms with E-state index in [-0.39, 0.29) is 25.3 Å². The van der Waals surface area contributed by atoms with E-state index in [9.17, 15) is 18.4 Å². The predicted molar refractivity (Wildman–Crippen MR) is 185 cm³/mol. The van der Waals surface area contributed by atoms with E-state index in [0.717, 1.165) is 10.5 Å². The number of rotatable bonds is 13. The summed E-state index contributed by atoms with van der Waals surface area (Å²) in [5, 5.41) is 7.92. The molecule has 4 rings (SSSR count). The molecule has 2 amide bonds. The monoisotopic (exact) mass is 685 g/mol. The van der Waals surface area contributed by atoms with E-state index in [1.165, 1.54) is 24.3 Å². The summed E-state index contributed by atoms with van der Waals surface area (Å²) in [6, 6.07) is 18.7. The maximum Gasteiger partial charge on any atom is 0.417 e. The number of oxime groups is 1. The molecule has 0 bridgehead atoms. The molecule has 8 nitrogen and oxygen atoms in total. The highest BCUT2D eigenvalue weighted by Gasteiger charge is 2.42. The van der Waals surface area contributed by atoms with Crippen LogP contribution in [0.1, 0.15) is 30.0 Å². The van der Waals surface area contributed by atoms with Gasteiger partial charge in [-0.2, -0.15) is 0 Å². The number of halogens is 2. The summed E-state index contributed by atoms with van der Waals surface area (Å²) >= 11 is 0. The molecule has 13 heteroatoms. The number of hydrogen-bond donors (Lipinski definition) is 1. The number of hydrogen-bond acceptors (Lipinski definition) is 7. The minimum Gasteiger partial charge on any atom is -0.544 e. The summed E-state index contributed by atoms with van der Waals surface area (Å²) in [5.41, 5.74) is 2.56. The number of carbonyl (C=O) groups is 2. The van der Waals surface area contributed by atoms with Gasteiger partial charge >= 0.3 is 6.09 Å². The van der Waals surface area contributed by atoms with Gasteiger partial charge in [-0.1, -0.05) is 24.3 Å². The summed E-state index contributed by atoms with van der Waals surface area (Å²) in [4.78, 5) is 28.3. The molecule has 4 atom stereocenters. The zero-order valence-corrected chi connectivity index (χ0v) is 30.2. The molecule has 1 saturated heterocycles. The van der Waals surface area contributed by atoms with Gasteiger partial charge in [0, 0.05) is 5.69 Å². The SMILES string of the molecule is C[Si](C)(C)O/N=C(/CCC(C(=O)N1C(=O)OC[C@@H]1P)C(Nc1ccc(F)cc1)c1ccc(O[Si](C)(C)C)cc1)c1ccc(F)cc1. The van der Waals surface area contributed by atoms with Crippen molar-refractivity contribution in [3.63, 3.8) is 0 Å². The van der Waals surface area contributed by atoms with Crippen molar-refractivity contribution < 1.29 is 32.1 Å². The van der Waals surface area contributed by atoms with Crippen LogP contribution in [0.2, 0.25) is 39.3 Å². The zero-order chi connectivity index (χ0) is 33.6.